The lowest BCUT2D eigenvalue weighted by Crippen LogP contribution is -2.57. The summed E-state index contributed by atoms with van der Waals surface area (Å²) in [6, 6.07) is -0.485. The zero-order valence-electron chi connectivity index (χ0n) is 12.2. The van der Waals surface area contributed by atoms with Crippen LogP contribution in [0.25, 0.3) is 0 Å². The molecule has 3 amide bonds. The molecule has 0 aromatic heterocycles. The molecule has 0 saturated heterocycles. The average molecular weight is 273 g/mol. The van der Waals surface area contributed by atoms with Gasteiger partial charge in [-0.05, 0) is 27.7 Å². The first-order chi connectivity index (χ1) is 8.68. The zero-order valence-corrected chi connectivity index (χ0v) is 12.2. The Balaban J connectivity index is 4.85. The molecule has 0 aromatic rings. The van der Waals surface area contributed by atoms with Crippen LogP contribution in [0.3, 0.4) is 0 Å². The number of nitrogens with one attached hydrogen (secondary N) is 1. The summed E-state index contributed by atoms with van der Waals surface area (Å²) in [6.07, 6.45) is 0. The first-order valence-corrected chi connectivity index (χ1v) is 6.21. The van der Waals surface area contributed by atoms with Gasteiger partial charge in [-0.2, -0.15) is 0 Å². The van der Waals surface area contributed by atoms with E-state index in [9.17, 15) is 14.4 Å². The second-order valence-corrected chi connectivity index (χ2v) is 4.70. The number of carboxylic acids is 1. The molecule has 0 spiro atoms. The van der Waals surface area contributed by atoms with Gasteiger partial charge in [-0.25, -0.2) is 9.59 Å². The fourth-order valence-electron chi connectivity index (χ4n) is 1.63. The van der Waals surface area contributed by atoms with Gasteiger partial charge in [-0.3, -0.25) is 4.79 Å². The lowest BCUT2D eigenvalue weighted by molar-refractivity contribution is -0.147. The third kappa shape index (κ3) is 4.42. The Labute approximate surface area is 113 Å². The summed E-state index contributed by atoms with van der Waals surface area (Å²) >= 11 is 0. The average Bonchev–Trinajstić information content (AvgIpc) is 2.29. The van der Waals surface area contributed by atoms with Crippen molar-refractivity contribution in [2.75, 3.05) is 26.7 Å². The smallest absolute Gasteiger partial charge is 0.329 e. The van der Waals surface area contributed by atoms with Gasteiger partial charge in [-0.1, -0.05) is 0 Å². The number of carbonyl (C=O) groups excluding carboxylic acids is 2. The van der Waals surface area contributed by atoms with Crippen LogP contribution in [0, 0.1) is 0 Å². The first-order valence-electron chi connectivity index (χ1n) is 6.21. The zero-order chi connectivity index (χ0) is 15.2. The largest absolute Gasteiger partial charge is 0.480 e. The lowest BCUT2D eigenvalue weighted by Gasteiger charge is -2.36. The third-order valence-electron chi connectivity index (χ3n) is 2.83. The van der Waals surface area contributed by atoms with Crippen molar-refractivity contribution in [2.45, 2.75) is 33.2 Å². The molecule has 0 saturated carbocycles. The van der Waals surface area contributed by atoms with E-state index in [0.29, 0.717) is 6.54 Å². The van der Waals surface area contributed by atoms with E-state index < -0.39 is 17.5 Å². The molecule has 0 heterocycles. The van der Waals surface area contributed by atoms with Gasteiger partial charge in [0.25, 0.3) is 0 Å². The third-order valence-corrected chi connectivity index (χ3v) is 2.83. The highest BCUT2D eigenvalue weighted by molar-refractivity contribution is 5.88. The molecule has 7 heteroatoms. The van der Waals surface area contributed by atoms with Gasteiger partial charge < -0.3 is 20.2 Å². The Morgan fingerprint density at radius 2 is 1.74 bits per heavy atom. The highest BCUT2D eigenvalue weighted by Crippen LogP contribution is 2.16. The molecule has 0 aliphatic carbocycles. The molecule has 0 rings (SSSR count). The summed E-state index contributed by atoms with van der Waals surface area (Å²) in [5.41, 5.74) is -1.32. The predicted octanol–water partition coefficient (Wildman–Crippen LogP) is 0.359. The molecule has 0 atom stereocenters. The van der Waals surface area contributed by atoms with E-state index >= 15 is 0 Å². The van der Waals surface area contributed by atoms with Gasteiger partial charge in [0, 0.05) is 20.1 Å². The van der Waals surface area contributed by atoms with E-state index in [4.69, 9.17) is 5.11 Å². The van der Waals surface area contributed by atoms with Gasteiger partial charge in [0.1, 0.15) is 12.1 Å². The van der Waals surface area contributed by atoms with Crippen LogP contribution in [-0.2, 0) is 9.59 Å². The van der Waals surface area contributed by atoms with Gasteiger partial charge in [-0.15, -0.1) is 0 Å². The van der Waals surface area contributed by atoms with Crippen LogP contribution in [-0.4, -0.2) is 65.0 Å². The molecule has 0 aliphatic heterocycles. The van der Waals surface area contributed by atoms with Crippen molar-refractivity contribution in [1.29, 1.82) is 0 Å². The summed E-state index contributed by atoms with van der Waals surface area (Å²) in [6.45, 7) is 7.03. The van der Waals surface area contributed by atoms with E-state index in [1.165, 1.54) is 30.7 Å². The number of aliphatic carboxylic acids is 1. The van der Waals surface area contributed by atoms with E-state index in [0.717, 1.165) is 0 Å². The second kappa shape index (κ2) is 6.96. The minimum absolute atomic E-state index is 0.0983. The minimum atomic E-state index is -1.32. The number of carboxylic acid groups (broad SMARTS) is 1. The topological polar surface area (TPSA) is 90.0 Å². The maximum absolute atomic E-state index is 12.2. The van der Waals surface area contributed by atoms with E-state index in [1.54, 1.807) is 13.8 Å². The fraction of sp³-hybridized carbons (Fsp3) is 0.750. The first kappa shape index (κ1) is 17.2. The van der Waals surface area contributed by atoms with Gasteiger partial charge in [0.05, 0.1) is 0 Å². The standard InChI is InChI=1S/C12H23N3O4/c1-6-13-9(16)8-14(5)11(19)15(7-2)12(3,4)10(17)18/h6-8H2,1-5H3,(H,13,16)(H,17,18). The molecule has 0 bridgehead atoms. The van der Waals surface area contributed by atoms with Crippen molar-refractivity contribution in [1.82, 2.24) is 15.1 Å². The number of rotatable bonds is 6. The van der Waals surface area contributed by atoms with Crippen molar-refractivity contribution in [3.05, 3.63) is 0 Å². The Hall–Kier alpha value is -1.79. The molecular weight excluding hydrogens is 250 g/mol. The maximum Gasteiger partial charge on any atom is 0.329 e. The Morgan fingerprint density at radius 3 is 2.11 bits per heavy atom. The van der Waals surface area contributed by atoms with Gasteiger partial charge in [0.2, 0.25) is 5.91 Å². The van der Waals surface area contributed by atoms with Gasteiger partial charge >= 0.3 is 12.0 Å². The molecule has 0 unspecified atom stereocenters. The van der Waals surface area contributed by atoms with Crippen LogP contribution in [0.1, 0.15) is 27.7 Å². The van der Waals surface area contributed by atoms with Crippen LogP contribution in [0.4, 0.5) is 4.79 Å². The van der Waals surface area contributed by atoms with Crippen molar-refractivity contribution in [2.24, 2.45) is 0 Å². The summed E-state index contributed by atoms with van der Waals surface area (Å²) in [5, 5.41) is 11.7. The van der Waals surface area contributed by atoms with Crippen LogP contribution in [0.5, 0.6) is 0 Å². The Bertz CT molecular complexity index is 355. The minimum Gasteiger partial charge on any atom is -0.480 e. The molecular formula is C12H23N3O4. The lowest BCUT2D eigenvalue weighted by atomic mass is 10.0. The maximum atomic E-state index is 12.2. The van der Waals surface area contributed by atoms with E-state index in [2.05, 4.69) is 5.32 Å². The van der Waals surface area contributed by atoms with Crippen molar-refractivity contribution in [3.8, 4) is 0 Å². The van der Waals surface area contributed by atoms with Crippen LogP contribution in [0.2, 0.25) is 0 Å². The molecule has 7 nitrogen and oxygen atoms in total. The number of hydrogen-bond donors (Lipinski definition) is 2. The number of carbonyl (C=O) groups is 3. The Morgan fingerprint density at radius 1 is 1.21 bits per heavy atom. The summed E-state index contributed by atoms with van der Waals surface area (Å²) in [5.74, 6) is -1.36. The number of likely N-dealkylation sites (N-methyl/N-ethyl adjacent to an activating group) is 3. The Kier molecular flexibility index (Phi) is 6.31. The summed E-state index contributed by atoms with van der Waals surface area (Å²) in [7, 11) is 1.47. The van der Waals surface area contributed by atoms with Crippen LogP contribution in [0.15, 0.2) is 0 Å². The van der Waals surface area contributed by atoms with E-state index in [1.807, 2.05) is 0 Å². The quantitative estimate of drug-likeness (QED) is 0.731. The second-order valence-electron chi connectivity index (χ2n) is 4.70. The molecule has 2 N–H and O–H groups in total. The highest BCUT2D eigenvalue weighted by Gasteiger charge is 2.38. The highest BCUT2D eigenvalue weighted by atomic mass is 16.4. The predicted molar refractivity (Wildman–Crippen MR) is 70.8 cm³/mol. The summed E-state index contributed by atoms with van der Waals surface area (Å²) < 4.78 is 0. The van der Waals surface area contributed by atoms with Crippen molar-refractivity contribution >= 4 is 17.9 Å². The van der Waals surface area contributed by atoms with Gasteiger partial charge in [0.15, 0.2) is 0 Å². The van der Waals surface area contributed by atoms with Crippen LogP contribution < -0.4 is 5.32 Å². The van der Waals surface area contributed by atoms with Crippen molar-refractivity contribution in [3.63, 3.8) is 0 Å². The number of hydrogen-bond acceptors (Lipinski definition) is 3. The van der Waals surface area contributed by atoms with Crippen molar-refractivity contribution < 1.29 is 19.5 Å². The summed E-state index contributed by atoms with van der Waals surface area (Å²) in [4.78, 5) is 37.2. The molecule has 19 heavy (non-hydrogen) atoms. The number of amides is 3. The fourth-order valence-corrected chi connectivity index (χ4v) is 1.63. The molecule has 110 valence electrons. The molecule has 0 fully saturated rings. The number of nitrogens with zero attached hydrogens (tertiary/aromatic N) is 2. The molecule has 0 radical (unpaired) electrons. The van der Waals surface area contributed by atoms with E-state index in [-0.39, 0.29) is 19.0 Å². The monoisotopic (exact) mass is 273 g/mol. The SMILES string of the molecule is CCNC(=O)CN(C)C(=O)N(CC)C(C)(C)C(=O)O. The molecule has 0 aliphatic rings. The molecule has 0 aromatic carbocycles. The number of urea groups is 1. The normalized spacial score (nSPS) is 10.8. The van der Waals surface area contributed by atoms with Crippen LogP contribution >= 0.6 is 0 Å².